The van der Waals surface area contributed by atoms with Gasteiger partial charge in [-0.1, -0.05) is 18.2 Å². The highest BCUT2D eigenvalue weighted by Crippen LogP contribution is 2.35. The van der Waals surface area contributed by atoms with Crippen LogP contribution in [0.15, 0.2) is 48.2 Å². The summed E-state index contributed by atoms with van der Waals surface area (Å²) < 4.78 is 62.7. The van der Waals surface area contributed by atoms with E-state index in [1.165, 1.54) is 36.5 Å². The maximum atomic E-state index is 12.8. The van der Waals surface area contributed by atoms with Gasteiger partial charge in [0.05, 0.1) is 6.61 Å². The number of nitrogens with two attached hydrogens (primary N) is 1. The van der Waals surface area contributed by atoms with E-state index in [1.807, 2.05) is 0 Å². The van der Waals surface area contributed by atoms with Crippen molar-refractivity contribution in [1.29, 1.82) is 0 Å². The van der Waals surface area contributed by atoms with Gasteiger partial charge in [0.25, 0.3) is 0 Å². The standard InChI is InChI=1S/C15H18F3N2O3S/c16-15(17,18)11-24(22,23)20(7-1-2-13(8-19)9-20)14-5-3-12(10-21)4-6-14/h1-6,9,21H,7-8,10-11,19H2/q+1. The molecule has 0 aliphatic carbocycles. The van der Waals surface area contributed by atoms with Crippen molar-refractivity contribution in [1.82, 2.24) is 3.89 Å². The van der Waals surface area contributed by atoms with E-state index in [0.717, 1.165) is 0 Å². The summed E-state index contributed by atoms with van der Waals surface area (Å²) in [6.45, 7) is -0.410. The number of aliphatic hydroxyl groups is 1. The molecular formula is C15H18F3N2O3S+. The minimum absolute atomic E-state index is 0.00671. The zero-order valence-corrected chi connectivity index (χ0v) is 13.5. The molecule has 0 fully saturated rings. The third-order valence-corrected chi connectivity index (χ3v) is 5.87. The maximum Gasteiger partial charge on any atom is 0.408 e. The minimum Gasteiger partial charge on any atom is -0.392 e. The van der Waals surface area contributed by atoms with E-state index < -0.39 is 25.8 Å². The van der Waals surface area contributed by atoms with Crippen LogP contribution >= 0.6 is 0 Å². The van der Waals surface area contributed by atoms with E-state index in [9.17, 15) is 21.6 Å². The van der Waals surface area contributed by atoms with Gasteiger partial charge in [0.2, 0.25) is 0 Å². The smallest absolute Gasteiger partial charge is 0.392 e. The van der Waals surface area contributed by atoms with E-state index in [-0.39, 0.29) is 25.4 Å². The number of halogens is 3. The molecule has 0 amide bonds. The highest BCUT2D eigenvalue weighted by molar-refractivity contribution is 7.91. The molecule has 0 aromatic heterocycles. The Kier molecular flexibility index (Phi) is 5.19. The summed E-state index contributed by atoms with van der Waals surface area (Å²) in [6, 6.07) is 5.77. The van der Waals surface area contributed by atoms with Crippen LogP contribution < -0.4 is 9.62 Å². The van der Waals surface area contributed by atoms with E-state index in [1.54, 1.807) is 6.08 Å². The number of hydrogen-bond acceptors (Lipinski definition) is 4. The first-order chi connectivity index (χ1) is 11.1. The highest BCUT2D eigenvalue weighted by atomic mass is 32.2. The van der Waals surface area contributed by atoms with E-state index in [4.69, 9.17) is 10.8 Å². The van der Waals surface area contributed by atoms with Crippen molar-refractivity contribution < 1.29 is 26.7 Å². The average Bonchev–Trinajstić information content (AvgIpc) is 2.52. The molecule has 0 spiro atoms. The second kappa shape index (κ2) is 6.67. The second-order valence-corrected chi connectivity index (χ2v) is 7.56. The monoisotopic (exact) mass is 363 g/mol. The predicted molar refractivity (Wildman–Crippen MR) is 85.1 cm³/mol. The summed E-state index contributed by atoms with van der Waals surface area (Å²) >= 11 is 0. The van der Waals surface area contributed by atoms with Crippen LogP contribution in [0, 0.1) is 0 Å². The van der Waals surface area contributed by atoms with Crippen molar-refractivity contribution in [3.05, 3.63) is 53.8 Å². The Hall–Kier alpha value is -1.68. The lowest BCUT2D eigenvalue weighted by Crippen LogP contribution is -2.54. The van der Waals surface area contributed by atoms with Crippen LogP contribution in [0.3, 0.4) is 0 Å². The molecule has 0 bridgehead atoms. The van der Waals surface area contributed by atoms with E-state index >= 15 is 0 Å². The lowest BCUT2D eigenvalue weighted by atomic mass is 10.1. The van der Waals surface area contributed by atoms with Crippen LogP contribution in [0.4, 0.5) is 18.9 Å². The summed E-state index contributed by atoms with van der Waals surface area (Å²) in [5, 5.41) is 9.08. The summed E-state index contributed by atoms with van der Waals surface area (Å²) in [5.41, 5.74) is 6.66. The largest absolute Gasteiger partial charge is 0.408 e. The number of alkyl halides is 3. The van der Waals surface area contributed by atoms with Crippen molar-refractivity contribution in [3.8, 4) is 0 Å². The molecule has 3 N–H and O–H groups in total. The number of hydrogen-bond donors (Lipinski definition) is 2. The van der Waals surface area contributed by atoms with Gasteiger partial charge < -0.3 is 10.8 Å². The summed E-state index contributed by atoms with van der Waals surface area (Å²) in [4.78, 5) is 0. The fraction of sp³-hybridized carbons (Fsp3) is 0.333. The average molecular weight is 363 g/mol. The van der Waals surface area contributed by atoms with Crippen molar-refractivity contribution in [2.75, 3.05) is 18.8 Å². The normalized spacial score (nSPS) is 21.6. The molecule has 1 aliphatic heterocycles. The van der Waals surface area contributed by atoms with Crippen LogP contribution in [-0.4, -0.2) is 38.5 Å². The molecule has 2 rings (SSSR count). The Labute approximate surface area is 138 Å². The van der Waals surface area contributed by atoms with Gasteiger partial charge in [-0.15, -0.1) is 0 Å². The molecule has 9 heteroatoms. The first kappa shape index (κ1) is 18.7. The molecule has 0 radical (unpaired) electrons. The molecule has 1 unspecified atom stereocenters. The number of quaternary nitrogens is 1. The molecule has 132 valence electrons. The van der Waals surface area contributed by atoms with Gasteiger partial charge in [-0.2, -0.15) is 25.5 Å². The fourth-order valence-corrected chi connectivity index (χ4v) is 4.25. The van der Waals surface area contributed by atoms with Crippen LogP contribution in [0.5, 0.6) is 0 Å². The number of aliphatic hydroxyl groups excluding tert-OH is 1. The molecule has 1 atom stereocenters. The van der Waals surface area contributed by atoms with Crippen LogP contribution in [0.2, 0.25) is 0 Å². The number of benzene rings is 1. The van der Waals surface area contributed by atoms with Gasteiger partial charge in [-0.25, -0.2) is 0 Å². The number of sulfonamides is 1. The second-order valence-electron chi connectivity index (χ2n) is 5.45. The van der Waals surface area contributed by atoms with E-state index in [0.29, 0.717) is 11.1 Å². The van der Waals surface area contributed by atoms with Crippen LogP contribution in [-0.2, 0) is 16.6 Å². The van der Waals surface area contributed by atoms with Gasteiger partial charge >= 0.3 is 16.2 Å². The molecule has 24 heavy (non-hydrogen) atoms. The van der Waals surface area contributed by atoms with Gasteiger partial charge in [0, 0.05) is 24.3 Å². The number of rotatable bonds is 5. The van der Waals surface area contributed by atoms with Crippen molar-refractivity contribution >= 4 is 15.7 Å². The Morgan fingerprint density at radius 1 is 1.21 bits per heavy atom. The SMILES string of the molecule is NCC1=C[N+](c2ccc(CO)cc2)(S(=O)(=O)CC(F)(F)F)CC=C1. The Morgan fingerprint density at radius 3 is 2.33 bits per heavy atom. The first-order valence-corrected chi connectivity index (χ1v) is 8.70. The van der Waals surface area contributed by atoms with Crippen molar-refractivity contribution in [2.24, 2.45) is 5.73 Å². The number of nitrogens with zero attached hydrogens (tertiary/aromatic N) is 1. The van der Waals surface area contributed by atoms with Gasteiger partial charge in [0.1, 0.15) is 12.7 Å². The Bertz CT molecular complexity index is 755. The molecular weight excluding hydrogens is 345 g/mol. The predicted octanol–water partition coefficient (Wildman–Crippen LogP) is 1.79. The molecule has 1 aromatic rings. The zero-order valence-electron chi connectivity index (χ0n) is 12.7. The first-order valence-electron chi connectivity index (χ1n) is 7.09. The maximum absolute atomic E-state index is 12.8. The Balaban J connectivity index is 2.62. The lowest BCUT2D eigenvalue weighted by Gasteiger charge is -2.34. The van der Waals surface area contributed by atoms with E-state index in [2.05, 4.69) is 0 Å². The van der Waals surface area contributed by atoms with Gasteiger partial charge in [0.15, 0.2) is 11.4 Å². The summed E-state index contributed by atoms with van der Waals surface area (Å²) in [7, 11) is -4.65. The van der Waals surface area contributed by atoms with Crippen molar-refractivity contribution in [3.63, 3.8) is 0 Å². The minimum atomic E-state index is -4.85. The van der Waals surface area contributed by atoms with Crippen molar-refractivity contribution in [2.45, 2.75) is 12.8 Å². The third-order valence-electron chi connectivity index (χ3n) is 3.72. The topological polar surface area (TPSA) is 80.4 Å². The zero-order chi connectivity index (χ0) is 18.0. The summed E-state index contributed by atoms with van der Waals surface area (Å²) in [5.74, 6) is -1.94. The lowest BCUT2D eigenvalue weighted by molar-refractivity contribution is -0.106. The van der Waals surface area contributed by atoms with Gasteiger partial charge in [-0.3, -0.25) is 0 Å². The molecule has 1 aromatic carbocycles. The van der Waals surface area contributed by atoms with Crippen LogP contribution in [0.1, 0.15) is 5.56 Å². The fourth-order valence-electron chi connectivity index (χ4n) is 2.56. The van der Waals surface area contributed by atoms with Crippen LogP contribution in [0.25, 0.3) is 0 Å². The molecule has 0 saturated carbocycles. The Morgan fingerprint density at radius 2 is 1.83 bits per heavy atom. The molecule has 1 aliphatic rings. The molecule has 0 saturated heterocycles. The quantitative estimate of drug-likeness (QED) is 0.782. The van der Waals surface area contributed by atoms with Gasteiger partial charge in [-0.05, 0) is 11.6 Å². The highest BCUT2D eigenvalue weighted by Gasteiger charge is 2.50. The third kappa shape index (κ3) is 3.69. The summed E-state index contributed by atoms with van der Waals surface area (Å²) in [6.07, 6.45) is -0.514. The molecule has 1 heterocycles. The molecule has 5 nitrogen and oxygen atoms in total.